The van der Waals surface area contributed by atoms with Gasteiger partial charge in [-0.2, -0.15) is 18.3 Å². The summed E-state index contributed by atoms with van der Waals surface area (Å²) in [6, 6.07) is 6.58. The molecule has 0 radical (unpaired) electrons. The lowest BCUT2D eigenvalue weighted by atomic mass is 10.2. The van der Waals surface area contributed by atoms with E-state index >= 15 is 0 Å². The Labute approximate surface area is 102 Å². The summed E-state index contributed by atoms with van der Waals surface area (Å²) in [7, 11) is 0. The third-order valence-electron chi connectivity index (χ3n) is 2.57. The summed E-state index contributed by atoms with van der Waals surface area (Å²) in [5, 5.41) is 4.15. The molecule has 1 heterocycles. The van der Waals surface area contributed by atoms with E-state index in [0.29, 0.717) is 17.9 Å². The van der Waals surface area contributed by atoms with E-state index < -0.39 is 11.7 Å². The van der Waals surface area contributed by atoms with Crippen LogP contribution in [-0.4, -0.2) is 9.78 Å². The number of hydrogen-bond donors (Lipinski definition) is 1. The van der Waals surface area contributed by atoms with Crippen LogP contribution in [0.2, 0.25) is 0 Å². The van der Waals surface area contributed by atoms with Crippen molar-refractivity contribution in [2.24, 2.45) is 0 Å². The molecule has 0 spiro atoms. The molecule has 2 aromatic rings. The molecule has 0 amide bonds. The van der Waals surface area contributed by atoms with Crippen molar-refractivity contribution in [2.45, 2.75) is 19.5 Å². The van der Waals surface area contributed by atoms with Crippen LogP contribution in [0, 0.1) is 0 Å². The highest BCUT2D eigenvalue weighted by Crippen LogP contribution is 2.30. The highest BCUT2D eigenvalue weighted by molar-refractivity contribution is 5.44. The average Bonchev–Trinajstić information content (AvgIpc) is 2.70. The van der Waals surface area contributed by atoms with Gasteiger partial charge in [0.1, 0.15) is 5.82 Å². The van der Waals surface area contributed by atoms with Crippen LogP contribution >= 0.6 is 0 Å². The maximum atomic E-state index is 12.6. The number of benzene rings is 1. The normalized spacial score (nSPS) is 11.8. The Morgan fingerprint density at radius 2 is 2.00 bits per heavy atom. The van der Waals surface area contributed by atoms with Gasteiger partial charge in [-0.25, -0.2) is 4.68 Å². The minimum absolute atomic E-state index is 0.307. The number of rotatable bonds is 2. The van der Waals surface area contributed by atoms with Crippen molar-refractivity contribution in [3.63, 3.8) is 0 Å². The first-order valence-electron chi connectivity index (χ1n) is 5.44. The molecule has 0 atom stereocenters. The van der Waals surface area contributed by atoms with Gasteiger partial charge in [-0.05, 0) is 24.6 Å². The Kier molecular flexibility index (Phi) is 3.02. The van der Waals surface area contributed by atoms with Crippen molar-refractivity contribution in [2.75, 3.05) is 5.73 Å². The molecular weight excluding hydrogens is 243 g/mol. The number of nitrogen functional groups attached to an aromatic ring is 1. The molecule has 6 heteroatoms. The maximum Gasteiger partial charge on any atom is 0.416 e. The van der Waals surface area contributed by atoms with Crippen LogP contribution in [0.1, 0.15) is 18.2 Å². The van der Waals surface area contributed by atoms with Gasteiger partial charge >= 0.3 is 6.18 Å². The molecule has 0 saturated heterocycles. The summed E-state index contributed by atoms with van der Waals surface area (Å²) < 4.78 is 39.1. The van der Waals surface area contributed by atoms with E-state index in [1.54, 1.807) is 6.07 Å². The summed E-state index contributed by atoms with van der Waals surface area (Å²) in [6.07, 6.45) is -3.69. The number of aryl methyl sites for hydroxylation is 1. The van der Waals surface area contributed by atoms with Gasteiger partial charge in [0.05, 0.1) is 16.9 Å². The van der Waals surface area contributed by atoms with Crippen LogP contribution in [0.4, 0.5) is 19.0 Å². The lowest BCUT2D eigenvalue weighted by Crippen LogP contribution is -2.07. The number of anilines is 1. The summed E-state index contributed by atoms with van der Waals surface area (Å²) in [6.45, 7) is 1.90. The predicted octanol–water partition coefficient (Wildman–Crippen LogP) is 3.04. The van der Waals surface area contributed by atoms with Crippen LogP contribution in [-0.2, 0) is 12.6 Å². The fourth-order valence-electron chi connectivity index (χ4n) is 1.64. The van der Waals surface area contributed by atoms with E-state index in [9.17, 15) is 13.2 Å². The summed E-state index contributed by atoms with van der Waals surface area (Å²) in [4.78, 5) is 0. The molecule has 18 heavy (non-hydrogen) atoms. The van der Waals surface area contributed by atoms with Gasteiger partial charge in [-0.1, -0.05) is 13.0 Å². The third kappa shape index (κ3) is 2.32. The van der Waals surface area contributed by atoms with E-state index in [0.717, 1.165) is 17.8 Å². The van der Waals surface area contributed by atoms with Crippen LogP contribution < -0.4 is 5.73 Å². The summed E-state index contributed by atoms with van der Waals surface area (Å²) >= 11 is 0. The molecule has 0 aliphatic carbocycles. The SMILES string of the molecule is CCc1cc(N)n(-c2cccc(C(F)(F)F)c2)n1. The Morgan fingerprint density at radius 3 is 2.56 bits per heavy atom. The Balaban J connectivity index is 2.47. The first kappa shape index (κ1) is 12.5. The number of alkyl halides is 3. The first-order valence-corrected chi connectivity index (χ1v) is 5.44. The molecule has 0 bridgehead atoms. The smallest absolute Gasteiger partial charge is 0.384 e. The van der Waals surface area contributed by atoms with Crippen LogP contribution in [0.25, 0.3) is 5.69 Å². The van der Waals surface area contributed by atoms with Gasteiger partial charge in [-0.15, -0.1) is 0 Å². The largest absolute Gasteiger partial charge is 0.416 e. The standard InChI is InChI=1S/C12H12F3N3/c1-2-9-7-11(16)18(17-9)10-5-3-4-8(6-10)12(13,14)15/h3-7H,2,16H2,1H3. The predicted molar refractivity (Wildman–Crippen MR) is 62.4 cm³/mol. The minimum Gasteiger partial charge on any atom is -0.384 e. The summed E-state index contributed by atoms with van der Waals surface area (Å²) in [5.41, 5.74) is 6.06. The lowest BCUT2D eigenvalue weighted by molar-refractivity contribution is -0.137. The van der Waals surface area contributed by atoms with Gasteiger partial charge in [0.2, 0.25) is 0 Å². The molecule has 2 N–H and O–H groups in total. The fraction of sp³-hybridized carbons (Fsp3) is 0.250. The highest BCUT2D eigenvalue weighted by Gasteiger charge is 2.30. The van der Waals surface area contributed by atoms with Crippen molar-refractivity contribution >= 4 is 5.82 Å². The number of hydrogen-bond acceptors (Lipinski definition) is 2. The Hall–Kier alpha value is -1.98. The number of nitrogens with zero attached hydrogens (tertiary/aromatic N) is 2. The second-order valence-corrected chi connectivity index (χ2v) is 3.87. The molecule has 0 fully saturated rings. The molecule has 0 unspecified atom stereocenters. The molecule has 0 aliphatic heterocycles. The number of halogens is 3. The zero-order chi connectivity index (χ0) is 13.3. The van der Waals surface area contributed by atoms with Crippen LogP contribution in [0.5, 0.6) is 0 Å². The lowest BCUT2D eigenvalue weighted by Gasteiger charge is -2.09. The second-order valence-electron chi connectivity index (χ2n) is 3.87. The third-order valence-corrected chi connectivity index (χ3v) is 2.57. The van der Waals surface area contributed by atoms with Gasteiger partial charge in [0.15, 0.2) is 0 Å². The molecule has 2 rings (SSSR count). The fourth-order valence-corrected chi connectivity index (χ4v) is 1.64. The van der Waals surface area contributed by atoms with E-state index in [4.69, 9.17) is 5.73 Å². The molecule has 0 saturated carbocycles. The van der Waals surface area contributed by atoms with Crippen molar-refractivity contribution in [1.29, 1.82) is 0 Å². The van der Waals surface area contributed by atoms with E-state index in [2.05, 4.69) is 5.10 Å². The molecule has 3 nitrogen and oxygen atoms in total. The molecular formula is C12H12F3N3. The minimum atomic E-state index is -4.37. The van der Waals surface area contributed by atoms with E-state index in [1.165, 1.54) is 16.8 Å². The van der Waals surface area contributed by atoms with Crippen LogP contribution in [0.15, 0.2) is 30.3 Å². The first-order chi connectivity index (χ1) is 8.41. The van der Waals surface area contributed by atoms with Crippen molar-refractivity contribution < 1.29 is 13.2 Å². The Bertz CT molecular complexity index is 558. The average molecular weight is 255 g/mol. The van der Waals surface area contributed by atoms with E-state index in [1.807, 2.05) is 6.92 Å². The van der Waals surface area contributed by atoms with Gasteiger partial charge in [0.25, 0.3) is 0 Å². The van der Waals surface area contributed by atoms with Crippen molar-refractivity contribution in [3.05, 3.63) is 41.6 Å². The number of aromatic nitrogens is 2. The van der Waals surface area contributed by atoms with E-state index in [-0.39, 0.29) is 0 Å². The quantitative estimate of drug-likeness (QED) is 0.896. The number of nitrogens with two attached hydrogens (primary N) is 1. The Morgan fingerprint density at radius 1 is 1.28 bits per heavy atom. The second kappa shape index (κ2) is 4.36. The molecule has 96 valence electrons. The molecule has 0 aliphatic rings. The summed E-state index contributed by atoms with van der Waals surface area (Å²) in [5.74, 6) is 0.325. The zero-order valence-corrected chi connectivity index (χ0v) is 9.70. The topological polar surface area (TPSA) is 43.8 Å². The van der Waals surface area contributed by atoms with Gasteiger partial charge in [0, 0.05) is 6.07 Å². The van der Waals surface area contributed by atoms with Crippen molar-refractivity contribution in [3.8, 4) is 5.69 Å². The zero-order valence-electron chi connectivity index (χ0n) is 9.70. The van der Waals surface area contributed by atoms with Crippen LogP contribution in [0.3, 0.4) is 0 Å². The molecule has 1 aromatic heterocycles. The van der Waals surface area contributed by atoms with Crippen molar-refractivity contribution in [1.82, 2.24) is 9.78 Å². The van der Waals surface area contributed by atoms with Gasteiger partial charge < -0.3 is 5.73 Å². The monoisotopic (exact) mass is 255 g/mol. The maximum absolute atomic E-state index is 12.6. The highest BCUT2D eigenvalue weighted by atomic mass is 19.4. The molecule has 1 aromatic carbocycles. The van der Waals surface area contributed by atoms with Gasteiger partial charge in [-0.3, -0.25) is 0 Å².